The lowest BCUT2D eigenvalue weighted by molar-refractivity contribution is 0.302. The molecule has 88 valence electrons. The standard InChI is InChI=1S/C13H13ClN2O/c1-9-4-3-7-16-12(9)8-17-13-10(14)5-2-6-11(13)15/h2-7H,8,15H2,1H3. The highest BCUT2D eigenvalue weighted by atomic mass is 35.5. The van der Waals surface area contributed by atoms with Crippen molar-refractivity contribution in [1.82, 2.24) is 4.98 Å². The van der Waals surface area contributed by atoms with Gasteiger partial charge in [-0.05, 0) is 30.7 Å². The normalized spacial score (nSPS) is 10.2. The molecule has 0 atom stereocenters. The van der Waals surface area contributed by atoms with Gasteiger partial charge in [-0.3, -0.25) is 4.98 Å². The molecule has 0 saturated heterocycles. The summed E-state index contributed by atoms with van der Waals surface area (Å²) >= 11 is 6.01. The van der Waals surface area contributed by atoms with Crippen molar-refractivity contribution in [2.45, 2.75) is 13.5 Å². The first kappa shape index (κ1) is 11.7. The molecule has 0 spiro atoms. The molecule has 0 aliphatic heterocycles. The number of nitrogens with zero attached hydrogens (tertiary/aromatic N) is 1. The first-order valence-electron chi connectivity index (χ1n) is 5.26. The van der Waals surface area contributed by atoms with Crippen molar-refractivity contribution < 1.29 is 4.74 Å². The summed E-state index contributed by atoms with van der Waals surface area (Å²) in [6.07, 6.45) is 1.74. The first-order chi connectivity index (χ1) is 8.18. The van der Waals surface area contributed by atoms with E-state index in [0.29, 0.717) is 23.1 Å². The van der Waals surface area contributed by atoms with Gasteiger partial charge >= 0.3 is 0 Å². The number of pyridine rings is 1. The molecule has 0 aliphatic rings. The number of halogens is 1. The Bertz CT molecular complexity index is 508. The summed E-state index contributed by atoms with van der Waals surface area (Å²) in [5.74, 6) is 0.513. The Morgan fingerprint density at radius 1 is 1.29 bits per heavy atom. The molecule has 2 aromatic rings. The zero-order valence-corrected chi connectivity index (χ0v) is 10.2. The number of hydrogen-bond acceptors (Lipinski definition) is 3. The summed E-state index contributed by atoms with van der Waals surface area (Å²) < 4.78 is 5.62. The maximum Gasteiger partial charge on any atom is 0.161 e. The monoisotopic (exact) mass is 248 g/mol. The van der Waals surface area contributed by atoms with Crippen LogP contribution < -0.4 is 10.5 Å². The van der Waals surface area contributed by atoms with E-state index in [0.717, 1.165) is 11.3 Å². The fourth-order valence-electron chi connectivity index (χ4n) is 1.49. The van der Waals surface area contributed by atoms with Crippen LogP contribution in [0.4, 0.5) is 5.69 Å². The number of hydrogen-bond donors (Lipinski definition) is 1. The number of para-hydroxylation sites is 1. The van der Waals surface area contributed by atoms with Crippen LogP contribution in [-0.4, -0.2) is 4.98 Å². The predicted octanol–water partition coefficient (Wildman–Crippen LogP) is 3.20. The molecule has 4 heteroatoms. The van der Waals surface area contributed by atoms with Gasteiger partial charge in [-0.15, -0.1) is 0 Å². The molecule has 2 N–H and O–H groups in total. The molecule has 2 rings (SSSR count). The molecule has 0 saturated carbocycles. The molecule has 0 bridgehead atoms. The lowest BCUT2D eigenvalue weighted by Crippen LogP contribution is -2.02. The topological polar surface area (TPSA) is 48.1 Å². The second kappa shape index (κ2) is 5.06. The Kier molecular flexibility index (Phi) is 3.49. The Balaban J connectivity index is 2.16. The third kappa shape index (κ3) is 2.68. The first-order valence-corrected chi connectivity index (χ1v) is 5.63. The van der Waals surface area contributed by atoms with E-state index in [1.807, 2.05) is 19.1 Å². The second-order valence-electron chi connectivity index (χ2n) is 3.71. The van der Waals surface area contributed by atoms with Crippen molar-refractivity contribution in [1.29, 1.82) is 0 Å². The fraction of sp³-hybridized carbons (Fsp3) is 0.154. The van der Waals surface area contributed by atoms with Crippen LogP contribution in [0.25, 0.3) is 0 Å². The zero-order valence-electron chi connectivity index (χ0n) is 9.48. The Morgan fingerprint density at radius 2 is 2.12 bits per heavy atom. The van der Waals surface area contributed by atoms with Gasteiger partial charge in [-0.25, -0.2) is 0 Å². The van der Waals surface area contributed by atoms with Gasteiger partial charge in [0.15, 0.2) is 5.75 Å². The second-order valence-corrected chi connectivity index (χ2v) is 4.12. The maximum atomic E-state index is 6.01. The smallest absolute Gasteiger partial charge is 0.161 e. The number of ether oxygens (including phenoxy) is 1. The van der Waals surface area contributed by atoms with Crippen molar-refractivity contribution in [3.05, 3.63) is 52.8 Å². The van der Waals surface area contributed by atoms with Gasteiger partial charge in [0.25, 0.3) is 0 Å². The number of aryl methyl sites for hydroxylation is 1. The quantitative estimate of drug-likeness (QED) is 0.849. The molecule has 0 unspecified atom stereocenters. The third-order valence-electron chi connectivity index (χ3n) is 2.47. The van der Waals surface area contributed by atoms with Gasteiger partial charge in [-0.2, -0.15) is 0 Å². The number of nitrogens with two attached hydrogens (primary N) is 1. The van der Waals surface area contributed by atoms with E-state index < -0.39 is 0 Å². The number of nitrogen functional groups attached to an aromatic ring is 1. The predicted molar refractivity (Wildman–Crippen MR) is 69.2 cm³/mol. The average Bonchev–Trinajstić information content (AvgIpc) is 2.30. The highest BCUT2D eigenvalue weighted by molar-refractivity contribution is 6.32. The molecular weight excluding hydrogens is 236 g/mol. The molecule has 0 fully saturated rings. The average molecular weight is 249 g/mol. The van der Waals surface area contributed by atoms with E-state index in [1.54, 1.807) is 24.4 Å². The van der Waals surface area contributed by atoms with E-state index in [9.17, 15) is 0 Å². The van der Waals surface area contributed by atoms with Crippen LogP contribution in [0.3, 0.4) is 0 Å². The van der Waals surface area contributed by atoms with Crippen molar-refractivity contribution in [2.24, 2.45) is 0 Å². The molecule has 0 aliphatic carbocycles. The van der Waals surface area contributed by atoms with Crippen molar-refractivity contribution >= 4 is 17.3 Å². The summed E-state index contributed by atoms with van der Waals surface area (Å²) in [5, 5.41) is 0.513. The van der Waals surface area contributed by atoms with Gasteiger partial charge in [0.2, 0.25) is 0 Å². The maximum absolute atomic E-state index is 6.01. The minimum Gasteiger partial charge on any atom is -0.484 e. The number of benzene rings is 1. The van der Waals surface area contributed by atoms with Crippen LogP contribution >= 0.6 is 11.6 Å². The molecular formula is C13H13ClN2O. The molecule has 1 aromatic heterocycles. The third-order valence-corrected chi connectivity index (χ3v) is 2.77. The van der Waals surface area contributed by atoms with Crippen molar-refractivity contribution in [2.75, 3.05) is 5.73 Å². The van der Waals surface area contributed by atoms with E-state index in [4.69, 9.17) is 22.1 Å². The summed E-state index contributed by atoms with van der Waals surface area (Å²) in [6, 6.07) is 9.17. The van der Waals surface area contributed by atoms with Crippen LogP contribution in [0.15, 0.2) is 36.5 Å². The highest BCUT2D eigenvalue weighted by Gasteiger charge is 2.07. The largest absolute Gasteiger partial charge is 0.484 e. The molecule has 1 heterocycles. The van der Waals surface area contributed by atoms with Crippen LogP contribution in [0.1, 0.15) is 11.3 Å². The van der Waals surface area contributed by atoms with Crippen LogP contribution in [0.2, 0.25) is 5.02 Å². The van der Waals surface area contributed by atoms with Crippen LogP contribution in [0.5, 0.6) is 5.75 Å². The van der Waals surface area contributed by atoms with E-state index >= 15 is 0 Å². The van der Waals surface area contributed by atoms with Gasteiger partial charge in [-0.1, -0.05) is 23.7 Å². The highest BCUT2D eigenvalue weighted by Crippen LogP contribution is 2.31. The van der Waals surface area contributed by atoms with E-state index in [-0.39, 0.29) is 0 Å². The lowest BCUT2D eigenvalue weighted by Gasteiger charge is -2.11. The van der Waals surface area contributed by atoms with Crippen molar-refractivity contribution in [3.8, 4) is 5.75 Å². The number of rotatable bonds is 3. The molecule has 0 radical (unpaired) electrons. The van der Waals surface area contributed by atoms with Gasteiger partial charge in [0.1, 0.15) is 6.61 Å². The minimum absolute atomic E-state index is 0.362. The summed E-state index contributed by atoms with van der Waals surface area (Å²) in [7, 11) is 0. The Hall–Kier alpha value is -1.74. The Labute approximate surface area is 105 Å². The lowest BCUT2D eigenvalue weighted by atomic mass is 10.2. The Morgan fingerprint density at radius 3 is 2.82 bits per heavy atom. The van der Waals surface area contributed by atoms with E-state index in [2.05, 4.69) is 4.98 Å². The molecule has 17 heavy (non-hydrogen) atoms. The number of anilines is 1. The minimum atomic E-state index is 0.362. The SMILES string of the molecule is Cc1cccnc1COc1c(N)cccc1Cl. The van der Waals surface area contributed by atoms with Gasteiger partial charge in [0.05, 0.1) is 16.4 Å². The van der Waals surface area contributed by atoms with Crippen molar-refractivity contribution in [3.63, 3.8) is 0 Å². The zero-order chi connectivity index (χ0) is 12.3. The summed E-state index contributed by atoms with van der Waals surface area (Å²) in [5.41, 5.74) is 8.29. The van der Waals surface area contributed by atoms with Crippen LogP contribution in [0, 0.1) is 6.92 Å². The fourth-order valence-corrected chi connectivity index (χ4v) is 1.72. The van der Waals surface area contributed by atoms with Gasteiger partial charge in [0, 0.05) is 6.20 Å². The van der Waals surface area contributed by atoms with E-state index in [1.165, 1.54) is 0 Å². The number of aromatic nitrogens is 1. The summed E-state index contributed by atoms with van der Waals surface area (Å²) in [4.78, 5) is 4.24. The van der Waals surface area contributed by atoms with Crippen LogP contribution in [-0.2, 0) is 6.61 Å². The summed E-state index contributed by atoms with van der Waals surface area (Å²) in [6.45, 7) is 2.35. The molecule has 0 amide bonds. The molecule has 3 nitrogen and oxygen atoms in total. The molecule has 1 aromatic carbocycles. The van der Waals surface area contributed by atoms with Gasteiger partial charge < -0.3 is 10.5 Å².